The molecule has 29 nitrogen and oxygen atoms in total. The molecule has 0 saturated heterocycles. The minimum absolute atomic E-state index is 0.0346. The van der Waals surface area contributed by atoms with Crippen LogP contribution in [-0.4, -0.2) is 162 Å². The quantitative estimate of drug-likeness (QED) is 0.0184. The van der Waals surface area contributed by atoms with Crippen molar-refractivity contribution in [2.24, 2.45) is 11.7 Å². The number of Topliss-reactive ketones (excluding diaryl/α,β-unsaturated/α-hetero) is 2. The molecule has 13 N–H and O–H groups in total. The molecule has 3 aliphatic rings. The van der Waals surface area contributed by atoms with Gasteiger partial charge in [0.2, 0.25) is 11.8 Å². The smallest absolute Gasteiger partial charge is 0.404 e. The third kappa shape index (κ3) is 30.9. The van der Waals surface area contributed by atoms with E-state index in [0.717, 1.165) is 67.5 Å². The van der Waals surface area contributed by atoms with Gasteiger partial charge < -0.3 is 72.6 Å². The summed E-state index contributed by atoms with van der Waals surface area (Å²) >= 11 is 0. The van der Waals surface area contributed by atoms with Gasteiger partial charge in [-0.2, -0.15) is 18.0 Å². The zero-order valence-corrected chi connectivity index (χ0v) is 65.3. The predicted molar refractivity (Wildman–Crippen MR) is 417 cm³/mol. The third-order valence-corrected chi connectivity index (χ3v) is 21.0. The van der Waals surface area contributed by atoms with Gasteiger partial charge >= 0.3 is 42.2 Å². The van der Waals surface area contributed by atoms with E-state index in [-0.39, 0.29) is 125 Å². The first-order valence-electron chi connectivity index (χ1n) is 38.4. The minimum atomic E-state index is -4.13. The van der Waals surface area contributed by atoms with E-state index >= 15 is 0 Å². The van der Waals surface area contributed by atoms with Gasteiger partial charge in [0, 0.05) is 105 Å². The highest BCUT2D eigenvalue weighted by molar-refractivity contribution is 7.85. The molecule has 3 aromatic rings. The fourth-order valence-corrected chi connectivity index (χ4v) is 14.9. The zero-order chi connectivity index (χ0) is 81.7. The number of urea groups is 2. The van der Waals surface area contributed by atoms with Crippen LogP contribution in [-0.2, 0) is 70.5 Å². The van der Waals surface area contributed by atoms with Gasteiger partial charge in [-0.05, 0) is 148 Å². The van der Waals surface area contributed by atoms with E-state index in [4.69, 9.17) is 25.2 Å². The fourth-order valence-electron chi connectivity index (χ4n) is 14.3. The summed E-state index contributed by atoms with van der Waals surface area (Å²) in [7, 11) is -4.13. The van der Waals surface area contributed by atoms with E-state index in [1.807, 2.05) is 12.1 Å². The molecule has 7 amide bonds. The molecule has 0 spiro atoms. The second-order valence-corrected chi connectivity index (χ2v) is 31.0. The topological polar surface area (TPSA) is 454 Å². The molecule has 6 rings (SSSR count). The molecule has 0 bridgehead atoms. The maximum Gasteiger partial charge on any atom is 0.404 e. The van der Waals surface area contributed by atoms with Gasteiger partial charge in [-0.3, -0.25) is 28.5 Å². The number of nitrogens with zero attached hydrogens (tertiary/aromatic N) is 2. The number of carboxylic acid groups (broad SMARTS) is 4. The highest BCUT2D eigenvalue weighted by Gasteiger charge is 2.44. The molecule has 1 aliphatic carbocycles. The molecule has 30 heteroatoms. The number of hydrogen-bond donors (Lipinski definition) is 12. The Morgan fingerprint density at radius 3 is 1.91 bits per heavy atom. The first-order chi connectivity index (χ1) is 52.8. The van der Waals surface area contributed by atoms with E-state index in [0.29, 0.717) is 75.0 Å². The Hall–Kier alpha value is -10.2. The number of primary amides is 1. The fraction of sp³-hybridized carbons (Fsp3) is 0.543. The Bertz CT molecular complexity index is 3940. The number of anilines is 2. The number of rotatable bonds is 49. The van der Waals surface area contributed by atoms with Crippen LogP contribution in [0.4, 0.5) is 25.8 Å². The molecule has 2 aliphatic heterocycles. The van der Waals surface area contributed by atoms with Gasteiger partial charge in [-0.25, -0.2) is 24.0 Å². The van der Waals surface area contributed by atoms with E-state index in [2.05, 4.69) is 137 Å². The van der Waals surface area contributed by atoms with E-state index in [9.17, 15) is 76.2 Å². The highest BCUT2D eigenvalue weighted by atomic mass is 32.2. The second-order valence-electron chi connectivity index (χ2n) is 29.4. The number of hydrogen-bond acceptors (Lipinski definition) is 17. The lowest BCUT2D eigenvalue weighted by Gasteiger charge is -2.33. The number of benzene rings is 3. The van der Waals surface area contributed by atoms with Crippen molar-refractivity contribution in [3.05, 3.63) is 136 Å². The minimum Gasteiger partial charge on any atom is -0.481 e. The average molecular weight is 1560 g/mol. The molecule has 0 saturated carbocycles. The van der Waals surface area contributed by atoms with Crippen molar-refractivity contribution in [3.8, 4) is 5.75 Å². The molecular weight excluding hydrogens is 1450 g/mol. The van der Waals surface area contributed by atoms with Crippen LogP contribution in [0.25, 0.3) is 0 Å². The first-order valence-corrected chi connectivity index (χ1v) is 40.1. The van der Waals surface area contributed by atoms with Crippen molar-refractivity contribution in [1.29, 1.82) is 0 Å². The normalized spacial score (nSPS) is 16.5. The molecule has 1 unspecified atom stereocenters. The van der Waals surface area contributed by atoms with Gasteiger partial charge in [0.25, 0.3) is 10.1 Å². The molecule has 608 valence electrons. The maximum absolute atomic E-state index is 14.4. The van der Waals surface area contributed by atoms with Crippen molar-refractivity contribution in [3.63, 3.8) is 0 Å². The number of amides is 7. The van der Waals surface area contributed by atoms with Crippen LogP contribution in [0, 0.1) is 5.92 Å². The highest BCUT2D eigenvalue weighted by Crippen LogP contribution is 2.49. The van der Waals surface area contributed by atoms with E-state index in [1.165, 1.54) is 16.9 Å². The summed E-state index contributed by atoms with van der Waals surface area (Å²) in [5.41, 5.74) is 12.9. The van der Waals surface area contributed by atoms with Gasteiger partial charge in [0.05, 0.1) is 17.8 Å². The number of carbonyl (C=O) groups is 10. The molecular formula is C81H113N9O20S. The summed E-state index contributed by atoms with van der Waals surface area (Å²) in [6.45, 7) is 12.5. The Kier molecular flexibility index (Phi) is 38.3. The third-order valence-electron chi connectivity index (χ3n) is 20.2. The summed E-state index contributed by atoms with van der Waals surface area (Å²) in [5, 5.41) is 53.1. The molecule has 0 radical (unpaired) electrons. The van der Waals surface area contributed by atoms with Gasteiger partial charge in [0.1, 0.15) is 29.4 Å². The lowest BCUT2D eigenvalue weighted by molar-refractivity contribution is -0.192. The van der Waals surface area contributed by atoms with Crippen LogP contribution < -0.4 is 52.2 Å². The van der Waals surface area contributed by atoms with Crippen LogP contribution in [0.1, 0.15) is 212 Å². The molecule has 0 fully saturated rings. The van der Waals surface area contributed by atoms with Gasteiger partial charge in [-0.1, -0.05) is 140 Å². The number of nitrogens with two attached hydrogens (primary N) is 1. The molecule has 5 atom stereocenters. The van der Waals surface area contributed by atoms with Crippen LogP contribution >= 0.6 is 0 Å². The van der Waals surface area contributed by atoms with Crippen molar-refractivity contribution < 1.29 is 95.7 Å². The number of fused-ring (bicyclic) bond motifs is 2. The zero-order valence-electron chi connectivity index (χ0n) is 64.5. The van der Waals surface area contributed by atoms with Crippen LogP contribution in [0.5, 0.6) is 5.75 Å². The number of nitrogens with one attached hydrogen (secondary N) is 6. The molecule has 111 heavy (non-hydrogen) atoms. The van der Waals surface area contributed by atoms with Crippen molar-refractivity contribution in [1.82, 2.24) is 31.9 Å². The second kappa shape index (κ2) is 46.5. The summed E-state index contributed by atoms with van der Waals surface area (Å²) in [4.78, 5) is 146. The summed E-state index contributed by atoms with van der Waals surface area (Å²) in [5.74, 6) is -5.98. The van der Waals surface area contributed by atoms with Crippen molar-refractivity contribution in [2.45, 2.75) is 237 Å². The van der Waals surface area contributed by atoms with Crippen molar-refractivity contribution in [2.75, 3.05) is 48.3 Å². The number of allylic oxidation sites excluding steroid dienone is 6. The number of carboxylic acids is 3. The molecule has 2 heterocycles. The van der Waals surface area contributed by atoms with Crippen LogP contribution in [0.3, 0.4) is 0 Å². The number of carbonyl (C=O) groups excluding carboxylic acids is 8. The summed E-state index contributed by atoms with van der Waals surface area (Å²) in [6, 6.07) is 18.1. The molecule has 0 aromatic heterocycles. The number of aliphatic carboxylic acids is 3. The Morgan fingerprint density at radius 1 is 0.640 bits per heavy atom. The standard InChI is InChI=1S/C80H113N9O18S.CO2/c1-6-7-18-49-88-65-32-16-14-29-60(65)79(2,3)68(88)44-38-55-25-21-26-56(39-45-69-80(4,5)61-30-15-17-33-66(61)89(69)50-19-20-51-108(104,105)106)72(55)107-59-41-36-54(37-42-59)52-64(75(98)99)86-73(95)57(27-22-48-84-78(102)103)53-67(91)62(31-23-46-82-76(81)100)85-70(92)34-13-11-9-8-10-12-28-58(90)40-43-63(74(96)97)87-77(101)83-47-24-35-71(93)94;2-1-3/h14-17,29-30,32-33,36-39,41-42,44-45,57,62-64,69,84H,6-13,18-28,31,34-35,40,43,46-53H2,1-5H3,(H,85,92)(H,86,95)(H,93,94)(H,96,97)(H,98,99)(H,102,103)(H3,81,82,100)(H2,83,87,101)(H,104,105,106);/b45-39+,55-38+,68-44+;/t57-,62+,63+,64-,69?;/m1./s1. The Balaban J connectivity index is 0.00000722. The monoisotopic (exact) mass is 1560 g/mol. The largest absolute Gasteiger partial charge is 0.481 e. The maximum atomic E-state index is 14.4. The number of ether oxygens (including phenoxy) is 1. The van der Waals surface area contributed by atoms with E-state index in [1.54, 1.807) is 24.3 Å². The lowest BCUT2D eigenvalue weighted by Crippen LogP contribution is -2.47. The summed E-state index contributed by atoms with van der Waals surface area (Å²) < 4.78 is 40.0. The first kappa shape index (κ1) is 91.4. The number of para-hydroxylation sites is 2. The van der Waals surface area contributed by atoms with Crippen LogP contribution in [0.15, 0.2) is 120 Å². The van der Waals surface area contributed by atoms with Gasteiger partial charge in [-0.15, -0.1) is 0 Å². The number of ketones is 2. The summed E-state index contributed by atoms with van der Waals surface area (Å²) in [6.07, 6.45) is 17.5. The Morgan fingerprint density at radius 2 is 1.26 bits per heavy atom. The van der Waals surface area contributed by atoms with E-state index < -0.39 is 94.2 Å². The van der Waals surface area contributed by atoms with Crippen molar-refractivity contribution >= 4 is 87.1 Å². The van der Waals surface area contributed by atoms with Gasteiger partial charge in [0.15, 0.2) is 5.78 Å². The number of unbranched alkanes of at least 4 members (excludes halogenated alkanes) is 8. The molecule has 3 aromatic carbocycles. The lowest BCUT2D eigenvalue weighted by atomic mass is 9.80. The average Bonchev–Trinajstić information content (AvgIpc) is 1.60. The SMILES string of the molecule is CCCCCN1/C(=C/C=C2\CCCC(/C=C/C3N(CCCCS(=O)(=O)O)c4ccccc4C3(C)C)=C2Oc2ccc(C[C@@H](NC(=O)[C@H](CCCNC(=O)O)CC(=O)[C@H](CCCNC(N)=O)NC(=O)CCCCCCCCC(=O)CC[C@H](NC(=O)NCCCC(=O)O)C(=O)O)C(=O)O)cc2)C(C)(C)c2ccccc21.O=C=O. The van der Waals surface area contributed by atoms with Crippen LogP contribution in [0.2, 0.25) is 0 Å². The predicted octanol–water partition coefficient (Wildman–Crippen LogP) is 10.9. The Labute approximate surface area is 650 Å².